The summed E-state index contributed by atoms with van der Waals surface area (Å²) in [4.78, 5) is 19.3. The zero-order chi connectivity index (χ0) is 18.5. The number of hydrogen-bond acceptors (Lipinski definition) is 5. The highest BCUT2D eigenvalue weighted by Crippen LogP contribution is 2.35. The van der Waals surface area contributed by atoms with E-state index in [0.29, 0.717) is 28.2 Å². The second-order valence-corrected chi connectivity index (χ2v) is 6.56. The van der Waals surface area contributed by atoms with E-state index in [1.807, 2.05) is 61.5 Å². The average molecular weight is 368 g/mol. The molecule has 1 amide bonds. The molecule has 1 fully saturated rings. The molecule has 2 aromatic rings. The van der Waals surface area contributed by atoms with Crippen LogP contribution in [-0.4, -0.2) is 36.7 Å². The molecule has 1 saturated heterocycles. The number of thioether (sulfide) groups is 1. The SMILES string of the molecule is CCOc1cc(C=C2SC(=Nc3ccccc3)N(C)C2=O)ccc1OC. The van der Waals surface area contributed by atoms with Crippen LogP contribution in [0.3, 0.4) is 0 Å². The Kier molecular flexibility index (Phi) is 5.63. The second kappa shape index (κ2) is 8.10. The van der Waals surface area contributed by atoms with E-state index in [1.165, 1.54) is 11.8 Å². The van der Waals surface area contributed by atoms with Crippen LogP contribution in [-0.2, 0) is 4.79 Å². The fourth-order valence-corrected chi connectivity index (χ4v) is 3.45. The van der Waals surface area contributed by atoms with Gasteiger partial charge in [-0.15, -0.1) is 0 Å². The van der Waals surface area contributed by atoms with Crippen molar-refractivity contribution in [2.45, 2.75) is 6.92 Å². The number of hydrogen-bond donors (Lipinski definition) is 0. The third kappa shape index (κ3) is 3.91. The molecule has 1 aliphatic heterocycles. The van der Waals surface area contributed by atoms with Crippen molar-refractivity contribution >= 4 is 34.6 Å². The van der Waals surface area contributed by atoms with Gasteiger partial charge in [-0.2, -0.15) is 0 Å². The Morgan fingerprint density at radius 1 is 1.15 bits per heavy atom. The lowest BCUT2D eigenvalue weighted by Gasteiger charge is -2.09. The van der Waals surface area contributed by atoms with E-state index in [4.69, 9.17) is 9.47 Å². The number of amidine groups is 1. The lowest BCUT2D eigenvalue weighted by molar-refractivity contribution is -0.121. The number of nitrogens with zero attached hydrogens (tertiary/aromatic N) is 2. The predicted octanol–water partition coefficient (Wildman–Crippen LogP) is 4.33. The number of methoxy groups -OCH3 is 1. The summed E-state index contributed by atoms with van der Waals surface area (Å²) in [5.41, 5.74) is 1.69. The van der Waals surface area contributed by atoms with Gasteiger partial charge < -0.3 is 9.47 Å². The lowest BCUT2D eigenvalue weighted by Crippen LogP contribution is -2.23. The van der Waals surface area contributed by atoms with Gasteiger partial charge in [0, 0.05) is 7.05 Å². The van der Waals surface area contributed by atoms with Gasteiger partial charge in [0.25, 0.3) is 5.91 Å². The van der Waals surface area contributed by atoms with Crippen LogP contribution in [0.2, 0.25) is 0 Å². The van der Waals surface area contributed by atoms with Crippen molar-refractivity contribution < 1.29 is 14.3 Å². The van der Waals surface area contributed by atoms with Gasteiger partial charge in [-0.1, -0.05) is 24.3 Å². The van der Waals surface area contributed by atoms with Gasteiger partial charge in [0.05, 0.1) is 24.3 Å². The Bertz CT molecular complexity index is 863. The number of benzene rings is 2. The molecule has 1 heterocycles. The Labute approximate surface area is 157 Å². The molecule has 0 spiro atoms. The number of ether oxygens (including phenoxy) is 2. The van der Waals surface area contributed by atoms with Crippen LogP contribution < -0.4 is 9.47 Å². The standard InChI is InChI=1S/C20H20N2O3S/c1-4-25-17-12-14(10-11-16(17)24-3)13-18-19(23)22(2)20(26-18)21-15-8-6-5-7-9-15/h5-13H,4H2,1-3H3. The summed E-state index contributed by atoms with van der Waals surface area (Å²) in [6, 6.07) is 15.2. The summed E-state index contributed by atoms with van der Waals surface area (Å²) in [6.45, 7) is 2.46. The summed E-state index contributed by atoms with van der Waals surface area (Å²) in [6.07, 6.45) is 1.85. The molecule has 5 nitrogen and oxygen atoms in total. The first-order valence-corrected chi connectivity index (χ1v) is 9.06. The average Bonchev–Trinajstić information content (AvgIpc) is 2.91. The third-order valence-electron chi connectivity index (χ3n) is 3.77. The number of likely N-dealkylation sites (N-methyl/N-ethyl adjacent to an activating group) is 1. The van der Waals surface area contributed by atoms with E-state index in [0.717, 1.165) is 11.3 Å². The summed E-state index contributed by atoms with van der Waals surface area (Å²) in [5, 5.41) is 0.658. The smallest absolute Gasteiger partial charge is 0.266 e. The van der Waals surface area contributed by atoms with Crippen LogP contribution in [0.25, 0.3) is 6.08 Å². The van der Waals surface area contributed by atoms with Crippen molar-refractivity contribution in [1.82, 2.24) is 4.90 Å². The maximum absolute atomic E-state index is 12.5. The molecule has 1 aliphatic rings. The molecule has 0 radical (unpaired) electrons. The highest BCUT2D eigenvalue weighted by Gasteiger charge is 2.30. The minimum absolute atomic E-state index is 0.0709. The van der Waals surface area contributed by atoms with E-state index < -0.39 is 0 Å². The molecule has 3 rings (SSSR count). The molecular formula is C20H20N2O3S. The number of rotatable bonds is 5. The Morgan fingerprint density at radius 3 is 2.62 bits per heavy atom. The Hall–Kier alpha value is -2.73. The minimum atomic E-state index is -0.0709. The maximum atomic E-state index is 12.5. The molecule has 6 heteroatoms. The molecule has 0 N–H and O–H groups in total. The number of amides is 1. The van der Waals surface area contributed by atoms with E-state index in [9.17, 15) is 4.79 Å². The maximum Gasteiger partial charge on any atom is 0.266 e. The largest absolute Gasteiger partial charge is 0.493 e. The molecule has 0 aliphatic carbocycles. The van der Waals surface area contributed by atoms with Gasteiger partial charge in [0.15, 0.2) is 16.7 Å². The summed E-state index contributed by atoms with van der Waals surface area (Å²) < 4.78 is 10.9. The van der Waals surface area contributed by atoms with E-state index in [1.54, 1.807) is 19.1 Å². The van der Waals surface area contributed by atoms with Gasteiger partial charge >= 0.3 is 0 Å². The van der Waals surface area contributed by atoms with Gasteiger partial charge in [-0.05, 0) is 54.6 Å². The molecule has 2 aromatic carbocycles. The summed E-state index contributed by atoms with van der Waals surface area (Å²) in [7, 11) is 3.34. The van der Waals surface area contributed by atoms with Crippen molar-refractivity contribution in [2.24, 2.45) is 4.99 Å². The van der Waals surface area contributed by atoms with Gasteiger partial charge in [0.2, 0.25) is 0 Å². The fraction of sp³-hybridized carbons (Fsp3) is 0.200. The predicted molar refractivity (Wildman–Crippen MR) is 106 cm³/mol. The second-order valence-electron chi connectivity index (χ2n) is 5.55. The quantitative estimate of drug-likeness (QED) is 0.737. The molecule has 0 bridgehead atoms. The van der Waals surface area contributed by atoms with Crippen molar-refractivity contribution in [3.8, 4) is 11.5 Å². The molecule has 0 unspecified atom stereocenters. The Balaban J connectivity index is 1.89. The normalized spacial score (nSPS) is 17.2. The van der Waals surface area contributed by atoms with Crippen LogP contribution in [0.15, 0.2) is 58.4 Å². The first-order chi connectivity index (χ1) is 12.6. The highest BCUT2D eigenvalue weighted by molar-refractivity contribution is 8.18. The van der Waals surface area contributed by atoms with Gasteiger partial charge in [-0.3, -0.25) is 9.69 Å². The topological polar surface area (TPSA) is 51.1 Å². The number of carbonyl (C=O) groups is 1. The first-order valence-electron chi connectivity index (χ1n) is 8.24. The monoisotopic (exact) mass is 368 g/mol. The van der Waals surface area contributed by atoms with Crippen LogP contribution in [0.5, 0.6) is 11.5 Å². The Morgan fingerprint density at radius 2 is 1.92 bits per heavy atom. The van der Waals surface area contributed by atoms with Crippen molar-refractivity contribution in [3.63, 3.8) is 0 Å². The van der Waals surface area contributed by atoms with Crippen LogP contribution in [0.4, 0.5) is 5.69 Å². The van der Waals surface area contributed by atoms with Crippen LogP contribution >= 0.6 is 11.8 Å². The van der Waals surface area contributed by atoms with E-state index in [2.05, 4.69) is 4.99 Å². The zero-order valence-corrected chi connectivity index (χ0v) is 15.7. The van der Waals surface area contributed by atoms with Crippen molar-refractivity contribution in [2.75, 3.05) is 20.8 Å². The number of aliphatic imine (C=N–C) groups is 1. The van der Waals surface area contributed by atoms with Crippen molar-refractivity contribution in [1.29, 1.82) is 0 Å². The molecular weight excluding hydrogens is 348 g/mol. The van der Waals surface area contributed by atoms with E-state index >= 15 is 0 Å². The molecule has 26 heavy (non-hydrogen) atoms. The van der Waals surface area contributed by atoms with Crippen LogP contribution in [0.1, 0.15) is 12.5 Å². The summed E-state index contributed by atoms with van der Waals surface area (Å²) >= 11 is 1.36. The lowest BCUT2D eigenvalue weighted by atomic mass is 10.2. The van der Waals surface area contributed by atoms with Gasteiger partial charge in [-0.25, -0.2) is 4.99 Å². The summed E-state index contributed by atoms with van der Waals surface area (Å²) in [5.74, 6) is 1.26. The number of para-hydroxylation sites is 1. The van der Waals surface area contributed by atoms with Crippen LogP contribution in [0, 0.1) is 0 Å². The molecule has 0 aromatic heterocycles. The fourth-order valence-electron chi connectivity index (χ4n) is 2.47. The zero-order valence-electron chi connectivity index (χ0n) is 14.9. The molecule has 134 valence electrons. The van der Waals surface area contributed by atoms with Gasteiger partial charge in [0.1, 0.15) is 0 Å². The first kappa shape index (κ1) is 18.1. The molecule has 0 atom stereocenters. The van der Waals surface area contributed by atoms with Crippen molar-refractivity contribution in [3.05, 3.63) is 59.0 Å². The molecule has 0 saturated carbocycles. The third-order valence-corrected chi connectivity index (χ3v) is 4.83. The number of carbonyl (C=O) groups excluding carboxylic acids is 1. The minimum Gasteiger partial charge on any atom is -0.493 e. The van der Waals surface area contributed by atoms with E-state index in [-0.39, 0.29) is 5.91 Å². The highest BCUT2D eigenvalue weighted by atomic mass is 32.2.